The second-order valence-corrected chi connectivity index (χ2v) is 4.75. The normalized spacial score (nSPS) is 15.1. The number of nitrogens with zero attached hydrogens (tertiary/aromatic N) is 1. The zero-order chi connectivity index (χ0) is 9.97. The number of H-pyrrole nitrogens is 1. The van der Waals surface area contributed by atoms with Gasteiger partial charge in [-0.3, -0.25) is 0 Å². The van der Waals surface area contributed by atoms with Crippen LogP contribution >= 0.6 is 23.4 Å². The molecule has 4 heteroatoms. The van der Waals surface area contributed by atoms with E-state index in [-0.39, 0.29) is 0 Å². The van der Waals surface area contributed by atoms with E-state index in [4.69, 9.17) is 11.6 Å². The van der Waals surface area contributed by atoms with E-state index in [0.717, 1.165) is 33.8 Å². The number of halogens is 1. The van der Waals surface area contributed by atoms with E-state index in [0.29, 0.717) is 0 Å². The number of aryl methyl sites for hydroxylation is 1. The van der Waals surface area contributed by atoms with Gasteiger partial charge in [0.1, 0.15) is 10.9 Å². The Balaban J connectivity index is 2.19. The highest BCUT2D eigenvalue weighted by Gasteiger charge is 2.16. The Bertz CT molecular complexity index is 357. The monoisotopic (exact) mass is 228 g/mol. The van der Waals surface area contributed by atoms with Crippen molar-refractivity contribution in [3.05, 3.63) is 17.6 Å². The molecule has 0 spiro atoms. The topological polar surface area (TPSA) is 28.7 Å². The molecule has 0 atom stereocenters. The lowest BCUT2D eigenvalue weighted by Gasteiger charge is -2.04. The minimum absolute atomic E-state index is 0.814. The number of thioether (sulfide) groups is 1. The van der Waals surface area contributed by atoms with Gasteiger partial charge in [-0.05, 0) is 6.42 Å². The molecule has 1 aromatic heterocycles. The van der Waals surface area contributed by atoms with Crippen LogP contribution in [0.15, 0.2) is 11.1 Å². The van der Waals surface area contributed by atoms with Crippen LogP contribution in [-0.4, -0.2) is 15.7 Å². The third-order valence-electron chi connectivity index (χ3n) is 2.21. The molecule has 1 aliphatic heterocycles. The number of hydrogen-bond acceptors (Lipinski definition) is 2. The molecule has 0 saturated carbocycles. The van der Waals surface area contributed by atoms with Crippen LogP contribution in [0.2, 0.25) is 0 Å². The van der Waals surface area contributed by atoms with E-state index < -0.39 is 0 Å². The van der Waals surface area contributed by atoms with E-state index in [9.17, 15) is 0 Å². The molecular weight excluding hydrogens is 216 g/mol. The summed E-state index contributed by atoms with van der Waals surface area (Å²) < 4.78 is 0. The van der Waals surface area contributed by atoms with Crippen molar-refractivity contribution in [1.82, 2.24) is 9.97 Å². The van der Waals surface area contributed by atoms with E-state index >= 15 is 0 Å². The summed E-state index contributed by atoms with van der Waals surface area (Å²) in [7, 11) is 0. The molecule has 0 unspecified atom stereocenters. The first kappa shape index (κ1) is 10.1. The average molecular weight is 229 g/mol. The smallest absolute Gasteiger partial charge is 0.123 e. The summed E-state index contributed by atoms with van der Waals surface area (Å²) in [5.41, 5.74) is 1.01. The predicted molar refractivity (Wildman–Crippen MR) is 61.8 cm³/mol. The number of aromatic nitrogens is 2. The van der Waals surface area contributed by atoms with Gasteiger partial charge in [0.15, 0.2) is 0 Å². The maximum atomic E-state index is 6.07. The maximum Gasteiger partial charge on any atom is 0.123 e. The number of aromatic amines is 1. The Hall–Kier alpha value is -0.410. The van der Waals surface area contributed by atoms with Crippen molar-refractivity contribution < 1.29 is 0 Å². The van der Waals surface area contributed by atoms with Gasteiger partial charge in [-0.2, -0.15) is 0 Å². The fourth-order valence-electron chi connectivity index (χ4n) is 1.43. The number of fused-ring (bicyclic) bond motifs is 1. The van der Waals surface area contributed by atoms with Crippen LogP contribution in [0.1, 0.15) is 31.3 Å². The lowest BCUT2D eigenvalue weighted by Crippen LogP contribution is -1.89. The molecule has 76 valence electrons. The van der Waals surface area contributed by atoms with Gasteiger partial charge in [0.2, 0.25) is 0 Å². The molecule has 0 aliphatic carbocycles. The van der Waals surface area contributed by atoms with Crippen LogP contribution in [0.3, 0.4) is 0 Å². The number of imidazole rings is 1. The highest BCUT2D eigenvalue weighted by atomic mass is 35.5. The minimum atomic E-state index is 0.814. The van der Waals surface area contributed by atoms with Crippen molar-refractivity contribution in [3.8, 4) is 0 Å². The third-order valence-corrected chi connectivity index (χ3v) is 3.45. The van der Waals surface area contributed by atoms with E-state index in [2.05, 4.69) is 16.9 Å². The van der Waals surface area contributed by atoms with Gasteiger partial charge in [0.25, 0.3) is 0 Å². The van der Waals surface area contributed by atoms with Crippen LogP contribution in [0.5, 0.6) is 0 Å². The summed E-state index contributed by atoms with van der Waals surface area (Å²) in [6.45, 7) is 2.18. The van der Waals surface area contributed by atoms with Gasteiger partial charge >= 0.3 is 0 Å². The molecule has 0 fully saturated rings. The van der Waals surface area contributed by atoms with Gasteiger partial charge in [-0.15, -0.1) is 0 Å². The van der Waals surface area contributed by atoms with Crippen molar-refractivity contribution >= 4 is 28.4 Å². The molecule has 1 aliphatic rings. The summed E-state index contributed by atoms with van der Waals surface area (Å²) in [5, 5.41) is 1.87. The first-order valence-electron chi connectivity index (χ1n) is 4.89. The summed E-state index contributed by atoms with van der Waals surface area (Å²) in [4.78, 5) is 7.81. The molecule has 0 amide bonds. The van der Waals surface area contributed by atoms with Crippen LogP contribution in [0, 0.1) is 0 Å². The Morgan fingerprint density at radius 2 is 2.50 bits per heavy atom. The second kappa shape index (κ2) is 4.41. The van der Waals surface area contributed by atoms with Crippen LogP contribution in [-0.2, 0) is 6.42 Å². The highest BCUT2D eigenvalue weighted by Crippen LogP contribution is 2.33. The molecule has 2 nitrogen and oxygen atoms in total. The Morgan fingerprint density at radius 3 is 3.21 bits per heavy atom. The van der Waals surface area contributed by atoms with Crippen LogP contribution in [0.25, 0.3) is 5.03 Å². The summed E-state index contributed by atoms with van der Waals surface area (Å²) in [5.74, 6) is 2.00. The highest BCUT2D eigenvalue weighted by molar-refractivity contribution is 7.99. The van der Waals surface area contributed by atoms with Crippen molar-refractivity contribution in [2.24, 2.45) is 0 Å². The SMILES string of the molecule is CCCCc1nc2c([nH]1)C(Cl)=CCS2. The largest absolute Gasteiger partial charge is 0.340 e. The Labute approximate surface area is 93.1 Å². The van der Waals surface area contributed by atoms with Gasteiger partial charge < -0.3 is 4.98 Å². The molecular formula is C10H13ClN2S. The number of unbranched alkanes of at least 4 members (excludes halogenated alkanes) is 1. The molecule has 1 N–H and O–H groups in total. The van der Waals surface area contributed by atoms with Gasteiger partial charge in [0, 0.05) is 12.2 Å². The van der Waals surface area contributed by atoms with Crippen LogP contribution < -0.4 is 0 Å². The molecule has 2 heterocycles. The Kier molecular flexibility index (Phi) is 3.19. The maximum absolute atomic E-state index is 6.07. The molecule has 14 heavy (non-hydrogen) atoms. The summed E-state index contributed by atoms with van der Waals surface area (Å²) >= 11 is 7.81. The van der Waals surface area contributed by atoms with E-state index in [1.807, 2.05) is 6.08 Å². The van der Waals surface area contributed by atoms with Crippen molar-refractivity contribution in [1.29, 1.82) is 0 Å². The second-order valence-electron chi connectivity index (χ2n) is 3.33. The average Bonchev–Trinajstić information content (AvgIpc) is 2.59. The lowest BCUT2D eigenvalue weighted by molar-refractivity contribution is 0.759. The van der Waals surface area contributed by atoms with Gasteiger partial charge in [-0.1, -0.05) is 42.8 Å². The van der Waals surface area contributed by atoms with E-state index in [1.165, 1.54) is 12.8 Å². The van der Waals surface area contributed by atoms with Crippen molar-refractivity contribution in [2.45, 2.75) is 31.2 Å². The molecule has 0 radical (unpaired) electrons. The molecule has 1 aromatic rings. The zero-order valence-electron chi connectivity index (χ0n) is 8.14. The number of rotatable bonds is 3. The minimum Gasteiger partial charge on any atom is -0.340 e. The summed E-state index contributed by atoms with van der Waals surface area (Å²) in [6, 6.07) is 0. The van der Waals surface area contributed by atoms with Crippen LogP contribution in [0.4, 0.5) is 0 Å². The molecule has 0 bridgehead atoms. The fourth-order valence-corrected chi connectivity index (χ4v) is 2.68. The van der Waals surface area contributed by atoms with Gasteiger partial charge in [-0.25, -0.2) is 4.98 Å². The number of hydrogen-bond donors (Lipinski definition) is 1. The summed E-state index contributed by atoms with van der Waals surface area (Å²) in [6.07, 6.45) is 5.42. The predicted octanol–water partition coefficient (Wildman–Crippen LogP) is 3.44. The third kappa shape index (κ3) is 1.98. The lowest BCUT2D eigenvalue weighted by atomic mass is 10.2. The first-order valence-corrected chi connectivity index (χ1v) is 6.25. The quantitative estimate of drug-likeness (QED) is 0.859. The standard InChI is InChI=1S/C10H13ClN2S/c1-2-3-4-8-12-9-7(11)5-6-14-10(9)13-8/h5H,2-4,6H2,1H3,(H,12,13). The first-order chi connectivity index (χ1) is 6.81. The van der Waals surface area contributed by atoms with Crippen molar-refractivity contribution in [2.75, 3.05) is 5.75 Å². The number of nitrogens with one attached hydrogen (secondary N) is 1. The van der Waals surface area contributed by atoms with Crippen molar-refractivity contribution in [3.63, 3.8) is 0 Å². The molecule has 2 rings (SSSR count). The van der Waals surface area contributed by atoms with Gasteiger partial charge in [0.05, 0.1) is 10.7 Å². The Morgan fingerprint density at radius 1 is 1.64 bits per heavy atom. The fraction of sp³-hybridized carbons (Fsp3) is 0.500. The molecule has 0 aromatic carbocycles. The molecule has 0 saturated heterocycles. The zero-order valence-corrected chi connectivity index (χ0v) is 9.71. The van der Waals surface area contributed by atoms with E-state index in [1.54, 1.807) is 11.8 Å².